The molecule has 1 aromatic carbocycles. The first-order valence-corrected chi connectivity index (χ1v) is 9.13. The van der Waals surface area contributed by atoms with Crippen LogP contribution in [0.1, 0.15) is 31.4 Å². The first kappa shape index (κ1) is 18.1. The SMILES string of the molecule is C[C@@H]1C[C@H](NC[C@](C)(O)c2cnn(C)c2)CN(Cc2ccccc2)C1. The zero-order valence-electron chi connectivity index (χ0n) is 15.5. The molecular weight excluding hydrogens is 312 g/mol. The largest absolute Gasteiger partial charge is 0.384 e. The summed E-state index contributed by atoms with van der Waals surface area (Å²) in [5.41, 5.74) is 1.31. The fourth-order valence-corrected chi connectivity index (χ4v) is 3.72. The first-order valence-electron chi connectivity index (χ1n) is 9.13. The smallest absolute Gasteiger partial charge is 0.102 e. The van der Waals surface area contributed by atoms with Crippen LogP contribution < -0.4 is 5.32 Å². The van der Waals surface area contributed by atoms with Crippen molar-refractivity contribution < 1.29 is 5.11 Å². The van der Waals surface area contributed by atoms with Crippen LogP contribution >= 0.6 is 0 Å². The Kier molecular flexibility index (Phi) is 5.57. The summed E-state index contributed by atoms with van der Waals surface area (Å²) < 4.78 is 1.73. The van der Waals surface area contributed by atoms with Crippen LogP contribution in [-0.4, -0.2) is 45.5 Å². The van der Waals surface area contributed by atoms with E-state index in [9.17, 15) is 5.11 Å². The molecule has 0 spiro atoms. The molecule has 136 valence electrons. The Morgan fingerprint density at radius 3 is 2.72 bits per heavy atom. The Morgan fingerprint density at radius 2 is 2.04 bits per heavy atom. The van der Waals surface area contributed by atoms with Crippen molar-refractivity contribution in [3.63, 3.8) is 0 Å². The van der Waals surface area contributed by atoms with Crippen LogP contribution in [0.25, 0.3) is 0 Å². The van der Waals surface area contributed by atoms with Crippen LogP contribution in [0.3, 0.4) is 0 Å². The Balaban J connectivity index is 1.56. The molecule has 0 saturated carbocycles. The molecular formula is C20H30N4O. The molecule has 2 N–H and O–H groups in total. The van der Waals surface area contributed by atoms with Gasteiger partial charge in [-0.05, 0) is 24.8 Å². The van der Waals surface area contributed by atoms with Gasteiger partial charge in [0, 0.05) is 51.0 Å². The molecule has 1 aliphatic rings. The third-order valence-corrected chi connectivity index (χ3v) is 5.05. The van der Waals surface area contributed by atoms with E-state index in [1.165, 1.54) is 5.56 Å². The van der Waals surface area contributed by atoms with Crippen molar-refractivity contribution in [3.8, 4) is 0 Å². The molecule has 1 fully saturated rings. The van der Waals surface area contributed by atoms with Crippen molar-refractivity contribution >= 4 is 0 Å². The highest BCUT2D eigenvalue weighted by Gasteiger charge is 2.29. The summed E-state index contributed by atoms with van der Waals surface area (Å²) in [7, 11) is 1.87. The van der Waals surface area contributed by atoms with Crippen molar-refractivity contribution in [3.05, 3.63) is 53.9 Å². The van der Waals surface area contributed by atoms with Gasteiger partial charge < -0.3 is 10.4 Å². The molecule has 0 radical (unpaired) electrons. The average Bonchev–Trinajstić information content (AvgIpc) is 3.01. The number of likely N-dealkylation sites (tertiary alicyclic amines) is 1. The molecule has 3 rings (SSSR count). The third-order valence-electron chi connectivity index (χ3n) is 5.05. The molecule has 25 heavy (non-hydrogen) atoms. The number of aromatic nitrogens is 2. The van der Waals surface area contributed by atoms with Gasteiger partial charge in [0.1, 0.15) is 5.60 Å². The van der Waals surface area contributed by atoms with Crippen LogP contribution in [0.4, 0.5) is 0 Å². The number of rotatable bonds is 6. The molecule has 2 heterocycles. The molecule has 0 aliphatic carbocycles. The Bertz CT molecular complexity index is 667. The molecule has 1 aromatic heterocycles. The topological polar surface area (TPSA) is 53.3 Å². The van der Waals surface area contributed by atoms with Crippen LogP contribution in [0.15, 0.2) is 42.7 Å². The molecule has 5 nitrogen and oxygen atoms in total. The highest BCUT2D eigenvalue weighted by molar-refractivity contribution is 5.15. The number of aryl methyl sites for hydroxylation is 1. The minimum absolute atomic E-state index is 0.399. The molecule has 1 saturated heterocycles. The van der Waals surface area contributed by atoms with Crippen molar-refractivity contribution in [1.82, 2.24) is 20.0 Å². The molecule has 3 atom stereocenters. The van der Waals surface area contributed by atoms with Gasteiger partial charge in [0.2, 0.25) is 0 Å². The van der Waals surface area contributed by atoms with Gasteiger partial charge in [-0.2, -0.15) is 5.10 Å². The number of nitrogens with one attached hydrogen (secondary N) is 1. The summed E-state index contributed by atoms with van der Waals surface area (Å²) >= 11 is 0. The number of hydrogen-bond donors (Lipinski definition) is 2. The van der Waals surface area contributed by atoms with Crippen LogP contribution in [0, 0.1) is 5.92 Å². The van der Waals surface area contributed by atoms with E-state index in [4.69, 9.17) is 0 Å². The second-order valence-corrected chi connectivity index (χ2v) is 7.77. The molecule has 5 heteroatoms. The van der Waals surface area contributed by atoms with E-state index >= 15 is 0 Å². The fourth-order valence-electron chi connectivity index (χ4n) is 3.72. The second-order valence-electron chi connectivity index (χ2n) is 7.77. The highest BCUT2D eigenvalue weighted by Crippen LogP contribution is 2.22. The van der Waals surface area contributed by atoms with Gasteiger partial charge in [0.15, 0.2) is 0 Å². The fraction of sp³-hybridized carbons (Fsp3) is 0.550. The Hall–Kier alpha value is -1.69. The van der Waals surface area contributed by atoms with Gasteiger partial charge in [-0.1, -0.05) is 37.3 Å². The molecule has 0 unspecified atom stereocenters. The quantitative estimate of drug-likeness (QED) is 0.844. The van der Waals surface area contributed by atoms with Gasteiger partial charge in [-0.3, -0.25) is 9.58 Å². The molecule has 2 aromatic rings. The minimum atomic E-state index is -0.904. The van der Waals surface area contributed by atoms with Gasteiger partial charge in [-0.15, -0.1) is 0 Å². The summed E-state index contributed by atoms with van der Waals surface area (Å²) in [6.45, 7) is 7.84. The average molecular weight is 342 g/mol. The number of nitrogens with zero attached hydrogens (tertiary/aromatic N) is 3. The maximum absolute atomic E-state index is 10.8. The highest BCUT2D eigenvalue weighted by atomic mass is 16.3. The lowest BCUT2D eigenvalue weighted by molar-refractivity contribution is 0.0457. The van der Waals surface area contributed by atoms with Gasteiger partial charge >= 0.3 is 0 Å². The summed E-state index contributed by atoms with van der Waals surface area (Å²) in [5, 5.41) is 18.5. The lowest BCUT2D eigenvalue weighted by Gasteiger charge is -2.38. The Morgan fingerprint density at radius 1 is 1.28 bits per heavy atom. The zero-order valence-corrected chi connectivity index (χ0v) is 15.5. The number of benzene rings is 1. The lowest BCUT2D eigenvalue weighted by Crippen LogP contribution is -2.51. The summed E-state index contributed by atoms with van der Waals surface area (Å²) in [4.78, 5) is 2.51. The number of hydrogen-bond acceptors (Lipinski definition) is 4. The second kappa shape index (κ2) is 7.68. The van der Waals surface area contributed by atoms with Crippen LogP contribution in [0.2, 0.25) is 0 Å². The van der Waals surface area contributed by atoms with Crippen molar-refractivity contribution in [2.24, 2.45) is 13.0 Å². The van der Waals surface area contributed by atoms with E-state index in [1.54, 1.807) is 10.9 Å². The maximum atomic E-state index is 10.8. The Labute approximate surface area is 150 Å². The zero-order chi connectivity index (χ0) is 17.9. The number of piperidine rings is 1. The van der Waals surface area contributed by atoms with Gasteiger partial charge in [-0.25, -0.2) is 0 Å². The van der Waals surface area contributed by atoms with Crippen molar-refractivity contribution in [2.75, 3.05) is 19.6 Å². The third kappa shape index (κ3) is 4.91. The normalized spacial score (nSPS) is 24.2. The van der Waals surface area contributed by atoms with Crippen molar-refractivity contribution in [2.45, 2.75) is 38.5 Å². The predicted octanol–water partition coefficient (Wildman–Crippen LogP) is 2.13. The standard InChI is InChI=1S/C20H30N4O/c1-16-9-19(14-24(11-16)12-17-7-5-4-6-8-17)21-15-20(2,25)18-10-22-23(3)13-18/h4-8,10,13,16,19,21,25H,9,11-12,14-15H2,1-3H3/t16-,19+,20+/m1/s1. The monoisotopic (exact) mass is 342 g/mol. The molecule has 0 amide bonds. The van der Waals surface area contributed by atoms with E-state index < -0.39 is 5.60 Å². The lowest BCUT2D eigenvalue weighted by atomic mass is 9.93. The summed E-state index contributed by atoms with van der Waals surface area (Å²) in [6.07, 6.45) is 4.77. The predicted molar refractivity (Wildman–Crippen MR) is 100 cm³/mol. The van der Waals surface area contributed by atoms with Crippen LogP contribution in [0.5, 0.6) is 0 Å². The summed E-state index contributed by atoms with van der Waals surface area (Å²) in [5.74, 6) is 0.651. The minimum Gasteiger partial charge on any atom is -0.384 e. The maximum Gasteiger partial charge on any atom is 0.102 e. The van der Waals surface area contributed by atoms with E-state index in [-0.39, 0.29) is 0 Å². The van der Waals surface area contributed by atoms with E-state index in [0.717, 1.165) is 31.6 Å². The van der Waals surface area contributed by atoms with Crippen LogP contribution in [-0.2, 0) is 19.2 Å². The molecule has 0 bridgehead atoms. The molecule has 1 aliphatic heterocycles. The summed E-state index contributed by atoms with van der Waals surface area (Å²) in [6, 6.07) is 11.0. The van der Waals surface area contributed by atoms with E-state index in [1.807, 2.05) is 20.2 Å². The van der Waals surface area contributed by atoms with Gasteiger partial charge in [0.25, 0.3) is 0 Å². The van der Waals surface area contributed by atoms with Gasteiger partial charge in [0.05, 0.1) is 6.20 Å². The van der Waals surface area contributed by atoms with E-state index in [0.29, 0.717) is 18.5 Å². The first-order chi connectivity index (χ1) is 11.9. The van der Waals surface area contributed by atoms with Crippen molar-refractivity contribution in [1.29, 1.82) is 0 Å². The number of aliphatic hydroxyl groups is 1. The van der Waals surface area contributed by atoms with E-state index in [2.05, 4.69) is 52.6 Å².